The van der Waals surface area contributed by atoms with Crippen LogP contribution in [0, 0.1) is 30.5 Å². The van der Waals surface area contributed by atoms with Crippen molar-refractivity contribution in [2.45, 2.75) is 46.1 Å². The fraction of sp³-hybridized carbons (Fsp3) is 0.625. The van der Waals surface area contributed by atoms with E-state index < -0.39 is 0 Å². The zero-order chi connectivity index (χ0) is 13.3. The van der Waals surface area contributed by atoms with Crippen LogP contribution in [-0.2, 0) is 0 Å². The summed E-state index contributed by atoms with van der Waals surface area (Å²) in [6.45, 7) is 6.60. The van der Waals surface area contributed by atoms with Crippen molar-refractivity contribution in [2.24, 2.45) is 23.5 Å². The van der Waals surface area contributed by atoms with Gasteiger partial charge in [0.2, 0.25) is 0 Å². The first-order valence-corrected chi connectivity index (χ1v) is 7.00. The van der Waals surface area contributed by atoms with Gasteiger partial charge in [-0.25, -0.2) is 4.39 Å². The number of rotatable bonds is 2. The van der Waals surface area contributed by atoms with E-state index in [-0.39, 0.29) is 11.9 Å². The lowest BCUT2D eigenvalue weighted by atomic mass is 9.72. The Hall–Kier alpha value is -0.890. The lowest BCUT2D eigenvalue weighted by Crippen LogP contribution is -2.29. The molecule has 0 heterocycles. The first-order chi connectivity index (χ1) is 8.49. The van der Waals surface area contributed by atoms with E-state index in [2.05, 4.69) is 13.8 Å². The molecule has 2 rings (SSSR count). The summed E-state index contributed by atoms with van der Waals surface area (Å²) < 4.78 is 13.1. The normalized spacial score (nSPS) is 30.2. The van der Waals surface area contributed by atoms with Gasteiger partial charge in [-0.15, -0.1) is 0 Å². The number of aryl methyl sites for hydroxylation is 1. The molecule has 1 fully saturated rings. The van der Waals surface area contributed by atoms with Crippen molar-refractivity contribution in [1.82, 2.24) is 0 Å². The number of hydrogen-bond acceptors (Lipinski definition) is 1. The van der Waals surface area contributed by atoms with Crippen LogP contribution >= 0.6 is 0 Å². The van der Waals surface area contributed by atoms with Crippen LogP contribution < -0.4 is 5.73 Å². The van der Waals surface area contributed by atoms with Crippen molar-refractivity contribution in [1.29, 1.82) is 0 Å². The smallest absolute Gasteiger partial charge is 0.123 e. The highest BCUT2D eigenvalue weighted by molar-refractivity contribution is 5.29. The van der Waals surface area contributed by atoms with E-state index in [1.165, 1.54) is 25.3 Å². The van der Waals surface area contributed by atoms with Crippen LogP contribution in [0.15, 0.2) is 18.2 Å². The Balaban J connectivity index is 2.13. The van der Waals surface area contributed by atoms with Gasteiger partial charge in [-0.05, 0) is 60.8 Å². The Bertz CT molecular complexity index is 416. The van der Waals surface area contributed by atoms with Crippen molar-refractivity contribution in [3.8, 4) is 0 Å². The molecule has 1 saturated carbocycles. The maximum Gasteiger partial charge on any atom is 0.123 e. The summed E-state index contributed by atoms with van der Waals surface area (Å²) in [5.74, 6) is 1.92. The highest BCUT2D eigenvalue weighted by atomic mass is 19.1. The minimum absolute atomic E-state index is 0.0561. The summed E-state index contributed by atoms with van der Waals surface area (Å²) in [5, 5.41) is 0. The fourth-order valence-electron chi connectivity index (χ4n) is 3.18. The Morgan fingerprint density at radius 2 is 1.94 bits per heavy atom. The Morgan fingerprint density at radius 1 is 1.22 bits per heavy atom. The van der Waals surface area contributed by atoms with E-state index >= 15 is 0 Å². The molecule has 1 aromatic rings. The zero-order valence-electron chi connectivity index (χ0n) is 11.6. The van der Waals surface area contributed by atoms with Gasteiger partial charge in [0, 0.05) is 6.04 Å². The largest absolute Gasteiger partial charge is 0.324 e. The molecule has 1 nitrogen and oxygen atoms in total. The third-order valence-electron chi connectivity index (χ3n) is 4.74. The molecule has 100 valence electrons. The SMILES string of the molecule is Cc1cc(F)ccc1C(N)C1CCC(C)C(C)C1. The second-order valence-electron chi connectivity index (χ2n) is 6.05. The molecule has 2 heteroatoms. The van der Waals surface area contributed by atoms with Crippen LogP contribution in [0.1, 0.15) is 50.3 Å². The molecule has 4 atom stereocenters. The van der Waals surface area contributed by atoms with Gasteiger partial charge in [-0.3, -0.25) is 0 Å². The van der Waals surface area contributed by atoms with Crippen LogP contribution in [-0.4, -0.2) is 0 Å². The lowest BCUT2D eigenvalue weighted by molar-refractivity contribution is 0.186. The molecular formula is C16H24FN. The van der Waals surface area contributed by atoms with Gasteiger partial charge in [-0.2, -0.15) is 0 Å². The van der Waals surface area contributed by atoms with E-state index in [1.54, 1.807) is 6.07 Å². The Kier molecular flexibility index (Phi) is 4.06. The highest BCUT2D eigenvalue weighted by Gasteiger charge is 2.29. The third kappa shape index (κ3) is 2.74. The zero-order valence-corrected chi connectivity index (χ0v) is 11.6. The second kappa shape index (κ2) is 5.40. The van der Waals surface area contributed by atoms with Crippen LogP contribution in [0.4, 0.5) is 4.39 Å². The summed E-state index contributed by atoms with van der Waals surface area (Å²) in [6, 6.07) is 5.03. The number of hydrogen-bond donors (Lipinski definition) is 1. The van der Waals surface area contributed by atoms with Gasteiger partial charge in [0.15, 0.2) is 0 Å². The second-order valence-corrected chi connectivity index (χ2v) is 6.05. The predicted octanol–water partition coefficient (Wildman–Crippen LogP) is 4.21. The maximum atomic E-state index is 13.1. The van der Waals surface area contributed by atoms with Gasteiger partial charge in [0.05, 0.1) is 0 Å². The van der Waals surface area contributed by atoms with Crippen LogP contribution in [0.3, 0.4) is 0 Å². The molecule has 1 aliphatic carbocycles. The van der Waals surface area contributed by atoms with E-state index in [1.807, 2.05) is 13.0 Å². The summed E-state index contributed by atoms with van der Waals surface area (Å²) in [7, 11) is 0. The Morgan fingerprint density at radius 3 is 2.56 bits per heavy atom. The fourth-order valence-corrected chi connectivity index (χ4v) is 3.18. The number of halogens is 1. The van der Waals surface area contributed by atoms with Gasteiger partial charge < -0.3 is 5.73 Å². The minimum atomic E-state index is -0.172. The number of nitrogens with two attached hydrogens (primary N) is 1. The summed E-state index contributed by atoms with van der Waals surface area (Å²) >= 11 is 0. The third-order valence-corrected chi connectivity index (χ3v) is 4.74. The summed E-state index contributed by atoms with van der Waals surface area (Å²) in [5.41, 5.74) is 8.50. The quantitative estimate of drug-likeness (QED) is 0.835. The minimum Gasteiger partial charge on any atom is -0.324 e. The lowest BCUT2D eigenvalue weighted by Gasteiger charge is -2.35. The van der Waals surface area contributed by atoms with Gasteiger partial charge in [0.25, 0.3) is 0 Å². The Labute approximate surface area is 110 Å². The summed E-state index contributed by atoms with van der Waals surface area (Å²) in [6.07, 6.45) is 3.66. The molecule has 18 heavy (non-hydrogen) atoms. The molecule has 0 aliphatic heterocycles. The molecule has 0 saturated heterocycles. The van der Waals surface area contributed by atoms with E-state index in [9.17, 15) is 4.39 Å². The topological polar surface area (TPSA) is 26.0 Å². The maximum absolute atomic E-state index is 13.1. The molecule has 0 spiro atoms. The molecule has 4 unspecified atom stereocenters. The highest BCUT2D eigenvalue weighted by Crippen LogP contribution is 2.39. The van der Waals surface area contributed by atoms with E-state index in [0.29, 0.717) is 5.92 Å². The predicted molar refractivity (Wildman–Crippen MR) is 73.7 cm³/mol. The first kappa shape index (κ1) is 13.5. The van der Waals surface area contributed by atoms with Crippen molar-refractivity contribution in [3.63, 3.8) is 0 Å². The average Bonchev–Trinajstić information content (AvgIpc) is 2.32. The standard InChI is InChI=1S/C16H24FN/c1-10-4-5-13(8-11(10)2)16(18)15-7-6-14(17)9-12(15)3/h6-7,9-11,13,16H,4-5,8,18H2,1-3H3. The van der Waals surface area contributed by atoms with Crippen molar-refractivity contribution < 1.29 is 4.39 Å². The molecular weight excluding hydrogens is 225 g/mol. The van der Waals surface area contributed by atoms with Crippen molar-refractivity contribution >= 4 is 0 Å². The molecule has 0 amide bonds. The molecule has 1 aliphatic rings. The molecule has 0 radical (unpaired) electrons. The number of benzene rings is 1. The first-order valence-electron chi connectivity index (χ1n) is 7.00. The van der Waals surface area contributed by atoms with Gasteiger partial charge in [-0.1, -0.05) is 26.3 Å². The van der Waals surface area contributed by atoms with Crippen LogP contribution in [0.25, 0.3) is 0 Å². The van der Waals surface area contributed by atoms with Crippen molar-refractivity contribution in [3.05, 3.63) is 35.1 Å². The molecule has 0 aromatic heterocycles. The van der Waals surface area contributed by atoms with Gasteiger partial charge in [0.1, 0.15) is 5.82 Å². The monoisotopic (exact) mass is 249 g/mol. The van der Waals surface area contributed by atoms with Crippen molar-refractivity contribution in [2.75, 3.05) is 0 Å². The van der Waals surface area contributed by atoms with E-state index in [4.69, 9.17) is 5.73 Å². The molecule has 1 aromatic carbocycles. The van der Waals surface area contributed by atoms with Crippen LogP contribution in [0.2, 0.25) is 0 Å². The molecule has 2 N–H and O–H groups in total. The van der Waals surface area contributed by atoms with E-state index in [0.717, 1.165) is 23.0 Å². The van der Waals surface area contributed by atoms with Crippen LogP contribution in [0.5, 0.6) is 0 Å². The summed E-state index contributed by atoms with van der Waals surface area (Å²) in [4.78, 5) is 0. The van der Waals surface area contributed by atoms with Gasteiger partial charge >= 0.3 is 0 Å². The molecule has 0 bridgehead atoms. The average molecular weight is 249 g/mol.